The van der Waals surface area contributed by atoms with Crippen LogP contribution in [-0.4, -0.2) is 4.98 Å². The Bertz CT molecular complexity index is 1090. The highest BCUT2D eigenvalue weighted by molar-refractivity contribution is 5.85. The Morgan fingerprint density at radius 2 is 1.26 bits per heavy atom. The van der Waals surface area contributed by atoms with Crippen LogP contribution in [-0.2, 0) is 19.8 Å². The van der Waals surface area contributed by atoms with Gasteiger partial charge in [0.15, 0.2) is 0 Å². The average molecular weight is 433 g/mol. The first kappa shape index (κ1) is 22.3. The third-order valence-electron chi connectivity index (χ3n) is 4.76. The maximum Gasteiger partial charge on any atom is 0.225 e. The van der Waals surface area contributed by atoms with Gasteiger partial charge in [-0.2, -0.15) is 4.98 Å². The van der Waals surface area contributed by atoms with Gasteiger partial charge in [0.05, 0.1) is 0 Å². The maximum atomic E-state index is 6.12. The number of aromatic nitrogens is 1. The molecule has 3 aromatic carbocycles. The fourth-order valence-electron chi connectivity index (χ4n) is 3.16. The number of hydrogen-bond donors (Lipinski definition) is 1. The minimum atomic E-state index is 0. The van der Waals surface area contributed by atoms with Gasteiger partial charge in [0.1, 0.15) is 13.2 Å². The zero-order valence-corrected chi connectivity index (χ0v) is 17.9. The Morgan fingerprint density at radius 3 is 1.90 bits per heavy atom. The first-order valence-corrected chi connectivity index (χ1v) is 9.96. The summed E-state index contributed by atoms with van der Waals surface area (Å²) in [6, 6.07) is 32.1. The van der Waals surface area contributed by atoms with Crippen LogP contribution in [0.2, 0.25) is 0 Å². The zero-order valence-electron chi connectivity index (χ0n) is 17.1. The molecule has 0 radical (unpaired) electrons. The van der Waals surface area contributed by atoms with Gasteiger partial charge in [-0.1, -0.05) is 78.9 Å². The maximum absolute atomic E-state index is 6.12. The van der Waals surface area contributed by atoms with Gasteiger partial charge in [0.2, 0.25) is 11.8 Å². The monoisotopic (exact) mass is 432 g/mol. The van der Waals surface area contributed by atoms with Gasteiger partial charge in [0, 0.05) is 18.2 Å². The highest BCUT2D eigenvalue weighted by Gasteiger charge is 2.12. The molecule has 0 unspecified atom stereocenters. The van der Waals surface area contributed by atoms with Crippen LogP contribution in [0.1, 0.15) is 16.7 Å². The van der Waals surface area contributed by atoms with Crippen molar-refractivity contribution in [3.63, 3.8) is 0 Å². The van der Waals surface area contributed by atoms with Gasteiger partial charge in [0.25, 0.3) is 0 Å². The highest BCUT2D eigenvalue weighted by Crippen LogP contribution is 2.32. The zero-order chi connectivity index (χ0) is 20.6. The Kier molecular flexibility index (Phi) is 8.05. The summed E-state index contributed by atoms with van der Waals surface area (Å²) < 4.78 is 12.0. The number of rotatable bonds is 8. The van der Waals surface area contributed by atoms with Gasteiger partial charge >= 0.3 is 0 Å². The molecule has 0 aliphatic heterocycles. The summed E-state index contributed by atoms with van der Waals surface area (Å²) in [5.74, 6) is 1.07. The summed E-state index contributed by atoms with van der Waals surface area (Å²) >= 11 is 0. The molecule has 5 heteroatoms. The van der Waals surface area contributed by atoms with Crippen LogP contribution in [0.5, 0.6) is 11.8 Å². The van der Waals surface area contributed by atoms with Gasteiger partial charge < -0.3 is 15.2 Å². The van der Waals surface area contributed by atoms with E-state index in [9.17, 15) is 0 Å². The first-order chi connectivity index (χ1) is 14.8. The molecule has 0 atom stereocenters. The smallest absolute Gasteiger partial charge is 0.225 e. The molecule has 158 valence electrons. The van der Waals surface area contributed by atoms with Crippen molar-refractivity contribution in [2.75, 3.05) is 0 Å². The summed E-state index contributed by atoms with van der Waals surface area (Å²) in [5.41, 5.74) is 11.0. The van der Waals surface area contributed by atoms with Crippen LogP contribution in [0, 0.1) is 0 Å². The molecule has 31 heavy (non-hydrogen) atoms. The van der Waals surface area contributed by atoms with E-state index in [0.717, 1.165) is 27.8 Å². The van der Waals surface area contributed by atoms with Crippen molar-refractivity contribution < 1.29 is 9.47 Å². The third-order valence-corrected chi connectivity index (χ3v) is 4.76. The van der Waals surface area contributed by atoms with E-state index in [-0.39, 0.29) is 12.4 Å². The fraction of sp³-hybridized carbons (Fsp3) is 0.115. The van der Waals surface area contributed by atoms with Crippen molar-refractivity contribution in [1.29, 1.82) is 0 Å². The molecule has 0 saturated carbocycles. The number of nitrogens with zero attached hydrogens (tertiary/aromatic N) is 1. The normalized spacial score (nSPS) is 10.2. The predicted molar refractivity (Wildman–Crippen MR) is 126 cm³/mol. The third kappa shape index (κ3) is 6.07. The minimum absolute atomic E-state index is 0. The molecule has 0 saturated heterocycles. The number of ether oxygens (including phenoxy) is 2. The summed E-state index contributed by atoms with van der Waals surface area (Å²) in [6.07, 6.45) is 0. The lowest BCUT2D eigenvalue weighted by Crippen LogP contribution is -2.03. The van der Waals surface area contributed by atoms with Gasteiger partial charge in [-0.3, -0.25) is 0 Å². The molecule has 4 rings (SSSR count). The van der Waals surface area contributed by atoms with E-state index >= 15 is 0 Å². The molecular formula is C26H25ClN2O2. The van der Waals surface area contributed by atoms with Crippen molar-refractivity contribution in [3.05, 3.63) is 114 Å². The quantitative estimate of drug-likeness (QED) is 0.383. The molecule has 0 bridgehead atoms. The second kappa shape index (κ2) is 11.2. The van der Waals surface area contributed by atoms with Crippen LogP contribution in [0.4, 0.5) is 0 Å². The molecule has 1 heterocycles. The van der Waals surface area contributed by atoms with Gasteiger partial charge in [-0.15, -0.1) is 12.4 Å². The minimum Gasteiger partial charge on any atom is -0.473 e. The molecule has 0 spiro atoms. The van der Waals surface area contributed by atoms with Crippen LogP contribution in [0.15, 0.2) is 97.1 Å². The van der Waals surface area contributed by atoms with Crippen LogP contribution >= 0.6 is 12.4 Å². The van der Waals surface area contributed by atoms with Crippen LogP contribution in [0.25, 0.3) is 11.1 Å². The number of halogens is 1. The SMILES string of the molecule is Cl.NCc1cccc(-c2ccc(OCc3ccccc3)nc2OCc2ccccc2)c1. The van der Waals surface area contributed by atoms with Crippen molar-refractivity contribution in [2.45, 2.75) is 19.8 Å². The van der Waals surface area contributed by atoms with E-state index in [1.165, 1.54) is 0 Å². The highest BCUT2D eigenvalue weighted by atomic mass is 35.5. The topological polar surface area (TPSA) is 57.4 Å². The van der Waals surface area contributed by atoms with Crippen molar-refractivity contribution >= 4 is 12.4 Å². The lowest BCUT2D eigenvalue weighted by atomic mass is 10.0. The lowest BCUT2D eigenvalue weighted by Gasteiger charge is -2.14. The summed E-state index contributed by atoms with van der Waals surface area (Å²) in [7, 11) is 0. The van der Waals surface area contributed by atoms with E-state index in [4.69, 9.17) is 15.2 Å². The van der Waals surface area contributed by atoms with E-state index in [1.54, 1.807) is 0 Å². The average Bonchev–Trinajstić information content (AvgIpc) is 2.83. The summed E-state index contributed by atoms with van der Waals surface area (Å²) in [4.78, 5) is 4.66. The fourth-order valence-corrected chi connectivity index (χ4v) is 3.16. The van der Waals surface area contributed by atoms with E-state index < -0.39 is 0 Å². The summed E-state index contributed by atoms with van der Waals surface area (Å²) in [5, 5.41) is 0. The molecule has 0 fully saturated rings. The first-order valence-electron chi connectivity index (χ1n) is 9.96. The van der Waals surface area contributed by atoms with E-state index in [0.29, 0.717) is 31.5 Å². The molecule has 4 aromatic rings. The van der Waals surface area contributed by atoms with Gasteiger partial charge in [-0.05, 0) is 34.4 Å². The second-order valence-corrected chi connectivity index (χ2v) is 6.96. The molecule has 0 aliphatic rings. The van der Waals surface area contributed by atoms with Crippen LogP contribution in [0.3, 0.4) is 0 Å². The molecule has 0 amide bonds. The van der Waals surface area contributed by atoms with Crippen molar-refractivity contribution in [2.24, 2.45) is 5.73 Å². The van der Waals surface area contributed by atoms with E-state index in [2.05, 4.69) is 11.1 Å². The largest absolute Gasteiger partial charge is 0.473 e. The van der Waals surface area contributed by atoms with Crippen LogP contribution < -0.4 is 15.2 Å². The molecule has 2 N–H and O–H groups in total. The summed E-state index contributed by atoms with van der Waals surface area (Å²) in [6.45, 7) is 1.37. The molecule has 0 aliphatic carbocycles. The molecule has 1 aromatic heterocycles. The standard InChI is InChI=1S/C26H24N2O2.ClH/c27-17-22-12-7-13-23(16-22)24-14-15-25(29-18-20-8-3-1-4-9-20)28-26(24)30-19-21-10-5-2-6-11-21;/h1-16H,17-19,27H2;1H. The van der Waals surface area contributed by atoms with Crippen molar-refractivity contribution in [3.8, 4) is 22.9 Å². The lowest BCUT2D eigenvalue weighted by molar-refractivity contribution is 0.268. The Labute approximate surface area is 189 Å². The predicted octanol–water partition coefficient (Wildman–Crippen LogP) is 5.79. The Hall–Kier alpha value is -3.34. The second-order valence-electron chi connectivity index (χ2n) is 6.96. The molecular weight excluding hydrogens is 408 g/mol. The number of pyridine rings is 1. The van der Waals surface area contributed by atoms with Crippen molar-refractivity contribution in [1.82, 2.24) is 4.98 Å². The van der Waals surface area contributed by atoms with E-state index in [1.807, 2.05) is 91.0 Å². The number of benzene rings is 3. The molecule has 4 nitrogen and oxygen atoms in total. The number of hydrogen-bond acceptors (Lipinski definition) is 4. The number of nitrogens with two attached hydrogens (primary N) is 1. The Balaban J connectivity index is 0.00000272. The Morgan fingerprint density at radius 1 is 0.645 bits per heavy atom. The van der Waals surface area contributed by atoms with Gasteiger partial charge in [-0.25, -0.2) is 0 Å².